The predicted molar refractivity (Wildman–Crippen MR) is 96.0 cm³/mol. The lowest BCUT2D eigenvalue weighted by Crippen LogP contribution is -2.43. The second-order valence-corrected chi connectivity index (χ2v) is 6.41. The molecule has 0 atom stereocenters. The predicted octanol–water partition coefficient (Wildman–Crippen LogP) is 3.09. The second kappa shape index (κ2) is 9.52. The number of hydrogen-bond acceptors (Lipinski definition) is 4. The number of benzene rings is 1. The van der Waals surface area contributed by atoms with Gasteiger partial charge in [-0.2, -0.15) is 0 Å². The fourth-order valence-corrected chi connectivity index (χ4v) is 2.73. The van der Waals surface area contributed by atoms with Crippen LogP contribution in [0.4, 0.5) is 0 Å². The van der Waals surface area contributed by atoms with Crippen LogP contribution in [0.25, 0.3) is 0 Å². The van der Waals surface area contributed by atoms with Crippen molar-refractivity contribution in [1.82, 2.24) is 10.2 Å². The van der Waals surface area contributed by atoms with Gasteiger partial charge >= 0.3 is 0 Å². The largest absolute Gasteiger partial charge is 0.490 e. The molecule has 0 bridgehead atoms. The van der Waals surface area contributed by atoms with Gasteiger partial charge in [0.25, 0.3) is 5.91 Å². The van der Waals surface area contributed by atoms with Crippen molar-refractivity contribution in [3.05, 3.63) is 23.8 Å². The average Bonchev–Trinajstić information content (AvgIpc) is 2.60. The molecular weight excluding hydrogens is 304 g/mol. The van der Waals surface area contributed by atoms with E-state index in [-0.39, 0.29) is 11.9 Å². The summed E-state index contributed by atoms with van der Waals surface area (Å²) in [5, 5.41) is 3.14. The second-order valence-electron chi connectivity index (χ2n) is 6.41. The van der Waals surface area contributed by atoms with E-state index in [1.807, 2.05) is 12.1 Å². The number of nitrogens with zero attached hydrogens (tertiary/aromatic N) is 1. The number of carbonyl (C=O) groups excluding carboxylic acids is 1. The van der Waals surface area contributed by atoms with E-state index in [1.54, 1.807) is 6.07 Å². The fourth-order valence-electron chi connectivity index (χ4n) is 2.73. The highest BCUT2D eigenvalue weighted by molar-refractivity contribution is 5.95. The van der Waals surface area contributed by atoms with Crippen molar-refractivity contribution in [2.24, 2.45) is 0 Å². The van der Waals surface area contributed by atoms with Crippen LogP contribution in [0.3, 0.4) is 0 Å². The van der Waals surface area contributed by atoms with Crippen LogP contribution in [0.2, 0.25) is 0 Å². The maximum atomic E-state index is 12.5. The normalized spacial score (nSPS) is 16.0. The van der Waals surface area contributed by atoms with Crippen molar-refractivity contribution < 1.29 is 14.3 Å². The summed E-state index contributed by atoms with van der Waals surface area (Å²) >= 11 is 0. The third-order valence-corrected chi connectivity index (χ3v) is 4.18. The molecule has 1 saturated heterocycles. The first kappa shape index (κ1) is 18.6. The minimum absolute atomic E-state index is 0.0343. The lowest BCUT2D eigenvalue weighted by Gasteiger charge is -2.29. The van der Waals surface area contributed by atoms with Gasteiger partial charge in [0.1, 0.15) is 0 Å². The molecule has 1 amide bonds. The summed E-state index contributed by atoms with van der Waals surface area (Å²) in [6.45, 7) is 7.44. The van der Waals surface area contributed by atoms with Gasteiger partial charge in [-0.05, 0) is 64.0 Å². The summed E-state index contributed by atoms with van der Waals surface area (Å²) in [6, 6.07) is 5.70. The Bertz CT molecular complexity index is 525. The average molecular weight is 334 g/mol. The number of piperidine rings is 1. The molecule has 134 valence electrons. The van der Waals surface area contributed by atoms with Crippen LogP contribution in [-0.2, 0) is 0 Å². The molecule has 1 N–H and O–H groups in total. The van der Waals surface area contributed by atoms with E-state index >= 15 is 0 Å². The van der Waals surface area contributed by atoms with E-state index in [1.165, 1.54) is 0 Å². The smallest absolute Gasteiger partial charge is 0.251 e. The van der Waals surface area contributed by atoms with Gasteiger partial charge in [0.05, 0.1) is 13.2 Å². The van der Waals surface area contributed by atoms with Gasteiger partial charge in [0.2, 0.25) is 0 Å². The first-order valence-electron chi connectivity index (χ1n) is 9.03. The molecule has 1 heterocycles. The number of likely N-dealkylation sites (tertiary alicyclic amines) is 1. The zero-order chi connectivity index (χ0) is 17.4. The SMILES string of the molecule is CCCOc1ccc(C(=O)NC2CCN(C)CC2)cc1OCCC. The number of rotatable bonds is 8. The number of amides is 1. The van der Waals surface area contributed by atoms with Crippen LogP contribution in [0.1, 0.15) is 49.9 Å². The lowest BCUT2D eigenvalue weighted by molar-refractivity contribution is 0.0916. The van der Waals surface area contributed by atoms with E-state index in [4.69, 9.17) is 9.47 Å². The van der Waals surface area contributed by atoms with Gasteiger partial charge in [-0.3, -0.25) is 4.79 Å². The fraction of sp³-hybridized carbons (Fsp3) is 0.632. The third-order valence-electron chi connectivity index (χ3n) is 4.18. The maximum absolute atomic E-state index is 12.5. The molecule has 0 radical (unpaired) electrons. The van der Waals surface area contributed by atoms with Crippen molar-refractivity contribution in [2.75, 3.05) is 33.4 Å². The minimum atomic E-state index is -0.0343. The Kier molecular flexibility index (Phi) is 7.37. The van der Waals surface area contributed by atoms with Gasteiger partial charge in [0, 0.05) is 11.6 Å². The van der Waals surface area contributed by atoms with E-state index < -0.39 is 0 Å². The number of hydrogen-bond donors (Lipinski definition) is 1. The van der Waals surface area contributed by atoms with Crippen molar-refractivity contribution in [3.63, 3.8) is 0 Å². The number of nitrogens with one attached hydrogen (secondary N) is 1. The van der Waals surface area contributed by atoms with Crippen molar-refractivity contribution in [3.8, 4) is 11.5 Å². The Morgan fingerprint density at radius 2 is 1.75 bits per heavy atom. The molecule has 0 unspecified atom stereocenters. The molecule has 0 saturated carbocycles. The van der Waals surface area contributed by atoms with Gasteiger partial charge in [-0.15, -0.1) is 0 Å². The third kappa shape index (κ3) is 5.41. The van der Waals surface area contributed by atoms with Gasteiger partial charge < -0.3 is 19.7 Å². The van der Waals surface area contributed by atoms with Gasteiger partial charge in [-0.25, -0.2) is 0 Å². The Balaban J connectivity index is 2.03. The molecule has 5 heteroatoms. The first-order chi connectivity index (χ1) is 11.6. The van der Waals surface area contributed by atoms with E-state index in [2.05, 4.69) is 31.1 Å². The Labute approximate surface area is 145 Å². The summed E-state index contributed by atoms with van der Waals surface area (Å²) < 4.78 is 11.5. The highest BCUT2D eigenvalue weighted by Crippen LogP contribution is 2.29. The number of ether oxygens (including phenoxy) is 2. The zero-order valence-corrected chi connectivity index (χ0v) is 15.1. The highest BCUT2D eigenvalue weighted by atomic mass is 16.5. The monoisotopic (exact) mass is 334 g/mol. The van der Waals surface area contributed by atoms with Crippen LogP contribution in [0.15, 0.2) is 18.2 Å². The Hall–Kier alpha value is -1.75. The molecule has 1 aliphatic rings. The Morgan fingerprint density at radius 3 is 2.38 bits per heavy atom. The standard InChI is InChI=1S/C19H30N2O3/c1-4-12-23-17-7-6-15(14-18(17)24-13-5-2)19(22)20-16-8-10-21(3)11-9-16/h6-7,14,16H,4-5,8-13H2,1-3H3,(H,20,22). The summed E-state index contributed by atoms with van der Waals surface area (Å²) in [7, 11) is 2.12. The molecule has 0 spiro atoms. The van der Waals surface area contributed by atoms with Gasteiger partial charge in [-0.1, -0.05) is 13.8 Å². The molecule has 1 aromatic rings. The van der Waals surface area contributed by atoms with Crippen molar-refractivity contribution in [2.45, 2.75) is 45.6 Å². The molecule has 5 nitrogen and oxygen atoms in total. The summed E-state index contributed by atoms with van der Waals surface area (Å²) in [5.41, 5.74) is 0.629. The molecular formula is C19H30N2O3. The summed E-state index contributed by atoms with van der Waals surface area (Å²) in [4.78, 5) is 14.8. The molecule has 1 aliphatic heterocycles. The lowest BCUT2D eigenvalue weighted by atomic mass is 10.0. The minimum Gasteiger partial charge on any atom is -0.490 e. The maximum Gasteiger partial charge on any atom is 0.251 e. The molecule has 1 aromatic carbocycles. The van der Waals surface area contributed by atoms with Crippen LogP contribution in [-0.4, -0.2) is 50.2 Å². The zero-order valence-electron chi connectivity index (χ0n) is 15.1. The molecule has 0 aromatic heterocycles. The summed E-state index contributed by atoms with van der Waals surface area (Å²) in [5.74, 6) is 1.33. The van der Waals surface area contributed by atoms with Crippen molar-refractivity contribution in [1.29, 1.82) is 0 Å². The molecule has 24 heavy (non-hydrogen) atoms. The highest BCUT2D eigenvalue weighted by Gasteiger charge is 2.20. The van der Waals surface area contributed by atoms with Crippen LogP contribution >= 0.6 is 0 Å². The van der Waals surface area contributed by atoms with Crippen LogP contribution in [0.5, 0.6) is 11.5 Å². The van der Waals surface area contributed by atoms with E-state index in [0.717, 1.165) is 38.8 Å². The first-order valence-corrected chi connectivity index (χ1v) is 9.03. The van der Waals surface area contributed by atoms with Gasteiger partial charge in [0.15, 0.2) is 11.5 Å². The quantitative estimate of drug-likeness (QED) is 0.794. The molecule has 0 aliphatic carbocycles. The van der Waals surface area contributed by atoms with Crippen LogP contribution < -0.4 is 14.8 Å². The summed E-state index contributed by atoms with van der Waals surface area (Å²) in [6.07, 6.45) is 3.85. The molecule has 1 fully saturated rings. The molecule has 2 rings (SSSR count). The van der Waals surface area contributed by atoms with Crippen LogP contribution in [0, 0.1) is 0 Å². The number of carbonyl (C=O) groups is 1. The Morgan fingerprint density at radius 1 is 1.12 bits per heavy atom. The topological polar surface area (TPSA) is 50.8 Å². The van der Waals surface area contributed by atoms with E-state index in [0.29, 0.717) is 30.3 Å². The van der Waals surface area contributed by atoms with E-state index in [9.17, 15) is 4.79 Å². The van der Waals surface area contributed by atoms with Crippen molar-refractivity contribution >= 4 is 5.91 Å².